The molecule has 0 aliphatic rings. The van der Waals surface area contributed by atoms with Crippen molar-refractivity contribution in [1.29, 1.82) is 0 Å². The van der Waals surface area contributed by atoms with Crippen LogP contribution in [0.5, 0.6) is 0 Å². The molecule has 2 rings (SSSR count). The predicted molar refractivity (Wildman–Crippen MR) is 74.8 cm³/mol. The van der Waals surface area contributed by atoms with Gasteiger partial charge in [0.1, 0.15) is 0 Å². The summed E-state index contributed by atoms with van der Waals surface area (Å²) >= 11 is 0. The first-order valence-electron chi connectivity index (χ1n) is 5.81. The van der Waals surface area contributed by atoms with Gasteiger partial charge >= 0.3 is 5.97 Å². The monoisotopic (exact) mass is 292 g/mol. The van der Waals surface area contributed by atoms with Gasteiger partial charge in [-0.15, -0.1) is 0 Å². The maximum atomic E-state index is 11.6. The van der Waals surface area contributed by atoms with Crippen LogP contribution < -0.4 is 4.67 Å². The van der Waals surface area contributed by atoms with Gasteiger partial charge in [-0.2, -0.15) is 0 Å². The lowest BCUT2D eigenvalue weighted by atomic mass is 10.1. The fraction of sp³-hybridized carbons (Fsp3) is 0.0769. The van der Waals surface area contributed by atoms with E-state index in [2.05, 4.69) is 4.98 Å². The first kappa shape index (κ1) is 14.2. The first-order chi connectivity index (χ1) is 9.61. The van der Waals surface area contributed by atoms with Gasteiger partial charge < -0.3 is 10.00 Å². The Labute approximate surface area is 116 Å². The van der Waals surface area contributed by atoms with E-state index in [1.54, 1.807) is 42.5 Å². The molecule has 0 saturated heterocycles. The Bertz CT molecular complexity index is 551. The summed E-state index contributed by atoms with van der Waals surface area (Å²) in [6.07, 6.45) is 2.87. The Morgan fingerprint density at radius 1 is 1.20 bits per heavy atom. The minimum Gasteiger partial charge on any atom is -0.479 e. The van der Waals surface area contributed by atoms with Crippen LogP contribution in [0, 0.1) is 0 Å². The molecule has 0 aliphatic heterocycles. The summed E-state index contributed by atoms with van der Waals surface area (Å²) in [5.74, 6) is -1.20. The average molecular weight is 292 g/mol. The van der Waals surface area contributed by atoms with Crippen molar-refractivity contribution in [3.63, 3.8) is 0 Å². The van der Waals surface area contributed by atoms with Crippen LogP contribution in [0.15, 0.2) is 54.9 Å². The van der Waals surface area contributed by atoms with E-state index in [-0.39, 0.29) is 5.69 Å². The number of benzene rings is 1. The first-order valence-corrected chi connectivity index (χ1v) is 7.11. The number of rotatable bonds is 5. The largest absolute Gasteiger partial charge is 0.479 e. The molecule has 104 valence electrons. The highest BCUT2D eigenvalue weighted by atomic mass is 31.1. The molecule has 0 saturated carbocycles. The smallest absolute Gasteiger partial charge is 0.331 e. The second-order valence-corrected chi connectivity index (χ2v) is 5.06. The van der Waals surface area contributed by atoms with Crippen LogP contribution in [0.2, 0.25) is 0 Å². The third-order valence-corrected chi connectivity index (χ3v) is 3.67. The Hall–Kier alpha value is -2.17. The van der Waals surface area contributed by atoms with Gasteiger partial charge in [-0.1, -0.05) is 30.3 Å². The number of aliphatic carboxylic acids is 1. The van der Waals surface area contributed by atoms with Crippen LogP contribution in [0.3, 0.4) is 0 Å². The number of carboxylic acids is 1. The fourth-order valence-corrected chi connectivity index (χ4v) is 2.74. The van der Waals surface area contributed by atoms with Gasteiger partial charge in [-0.25, -0.2) is 4.79 Å². The normalized spacial score (nSPS) is 13.4. The summed E-state index contributed by atoms with van der Waals surface area (Å²) in [5, 5.41) is 9.41. The predicted octanol–water partition coefficient (Wildman–Crippen LogP) is 2.10. The number of hydrogen-bond donors (Lipinski definition) is 2. The second-order valence-electron chi connectivity index (χ2n) is 4.02. The standard InChI is InChI=1S/C13H13N2O4P/c16-13(17)12(10-5-2-1-3-6-10)15(20(18)19)11-7-4-8-14-9-11/h1-9,12,20H,(H,16,17)(H,18,19). The minimum absolute atomic E-state index is 0.287. The molecule has 0 bridgehead atoms. The zero-order chi connectivity index (χ0) is 14.5. The number of nitrogens with zero attached hydrogens (tertiary/aromatic N) is 2. The number of anilines is 1. The quantitative estimate of drug-likeness (QED) is 0.820. The third kappa shape index (κ3) is 3.04. The summed E-state index contributed by atoms with van der Waals surface area (Å²) in [4.78, 5) is 24.9. The molecule has 1 aromatic carbocycles. The van der Waals surface area contributed by atoms with Gasteiger partial charge in [0.25, 0.3) is 8.18 Å². The fourth-order valence-electron chi connectivity index (χ4n) is 1.90. The van der Waals surface area contributed by atoms with Gasteiger partial charge in [0.05, 0.1) is 11.9 Å². The van der Waals surface area contributed by atoms with E-state index in [1.807, 2.05) is 0 Å². The highest BCUT2D eigenvalue weighted by Crippen LogP contribution is 2.38. The number of carboxylic acid groups (broad SMARTS) is 1. The van der Waals surface area contributed by atoms with Crippen molar-refractivity contribution < 1.29 is 19.4 Å². The van der Waals surface area contributed by atoms with Gasteiger partial charge in [-0.3, -0.25) is 14.2 Å². The summed E-state index contributed by atoms with van der Waals surface area (Å²) < 4.78 is 12.6. The van der Waals surface area contributed by atoms with E-state index < -0.39 is 20.2 Å². The maximum absolute atomic E-state index is 11.6. The molecule has 2 N–H and O–H groups in total. The van der Waals surface area contributed by atoms with Crippen molar-refractivity contribution in [3.05, 3.63) is 60.4 Å². The Morgan fingerprint density at radius 3 is 2.40 bits per heavy atom. The highest BCUT2D eigenvalue weighted by Gasteiger charge is 2.30. The van der Waals surface area contributed by atoms with E-state index in [0.717, 1.165) is 4.67 Å². The lowest BCUT2D eigenvalue weighted by molar-refractivity contribution is -0.138. The maximum Gasteiger partial charge on any atom is 0.331 e. The molecule has 1 heterocycles. The summed E-state index contributed by atoms with van der Waals surface area (Å²) in [6, 6.07) is 10.2. The van der Waals surface area contributed by atoms with E-state index in [4.69, 9.17) is 0 Å². The molecule has 7 heteroatoms. The SMILES string of the molecule is O=C(O)C(c1ccccc1)N(c1cccnc1)[PH](=O)O. The molecule has 2 atom stereocenters. The van der Waals surface area contributed by atoms with Crippen LogP contribution in [-0.4, -0.2) is 21.0 Å². The van der Waals surface area contributed by atoms with Crippen molar-refractivity contribution in [2.75, 3.05) is 4.67 Å². The number of pyridine rings is 1. The van der Waals surface area contributed by atoms with Crippen molar-refractivity contribution in [2.24, 2.45) is 0 Å². The molecule has 2 aromatic rings. The molecule has 1 aromatic heterocycles. The Balaban J connectivity index is 2.50. The van der Waals surface area contributed by atoms with E-state index >= 15 is 0 Å². The molecule has 0 amide bonds. The number of aromatic nitrogens is 1. The molecule has 0 aliphatic carbocycles. The molecule has 0 spiro atoms. The minimum atomic E-state index is -3.25. The van der Waals surface area contributed by atoms with Crippen LogP contribution in [0.1, 0.15) is 11.6 Å². The summed E-state index contributed by atoms with van der Waals surface area (Å²) in [6.45, 7) is 0. The number of hydrogen-bond acceptors (Lipinski definition) is 3. The second kappa shape index (κ2) is 6.32. The van der Waals surface area contributed by atoms with Crippen LogP contribution >= 0.6 is 8.18 Å². The molecular weight excluding hydrogens is 279 g/mol. The topological polar surface area (TPSA) is 90.7 Å². The van der Waals surface area contributed by atoms with Crippen LogP contribution in [0.4, 0.5) is 5.69 Å². The molecule has 0 fully saturated rings. The average Bonchev–Trinajstić information content (AvgIpc) is 2.45. The van der Waals surface area contributed by atoms with Crippen molar-refractivity contribution in [3.8, 4) is 0 Å². The lowest BCUT2D eigenvalue weighted by Gasteiger charge is -2.27. The summed E-state index contributed by atoms with van der Waals surface area (Å²) in [7, 11) is -3.25. The number of carbonyl (C=O) groups is 1. The zero-order valence-corrected chi connectivity index (χ0v) is 11.4. The third-order valence-electron chi connectivity index (χ3n) is 2.74. The van der Waals surface area contributed by atoms with Crippen molar-refractivity contribution >= 4 is 19.8 Å². The van der Waals surface area contributed by atoms with E-state index in [0.29, 0.717) is 5.56 Å². The van der Waals surface area contributed by atoms with Crippen LogP contribution in [-0.2, 0) is 9.36 Å². The highest BCUT2D eigenvalue weighted by molar-refractivity contribution is 7.40. The molecule has 6 nitrogen and oxygen atoms in total. The van der Waals surface area contributed by atoms with E-state index in [1.165, 1.54) is 12.4 Å². The zero-order valence-electron chi connectivity index (χ0n) is 10.4. The van der Waals surface area contributed by atoms with Gasteiger partial charge in [0, 0.05) is 6.20 Å². The van der Waals surface area contributed by atoms with Gasteiger partial charge in [-0.05, 0) is 17.7 Å². The summed E-state index contributed by atoms with van der Waals surface area (Å²) in [5.41, 5.74) is 0.714. The van der Waals surface area contributed by atoms with Gasteiger partial charge in [0.2, 0.25) is 0 Å². The molecule has 0 radical (unpaired) electrons. The lowest BCUT2D eigenvalue weighted by Crippen LogP contribution is -2.28. The van der Waals surface area contributed by atoms with Crippen molar-refractivity contribution in [2.45, 2.75) is 6.04 Å². The Kier molecular flexibility index (Phi) is 4.50. The van der Waals surface area contributed by atoms with Crippen LogP contribution in [0.25, 0.3) is 0 Å². The Morgan fingerprint density at radius 2 is 1.90 bits per heavy atom. The van der Waals surface area contributed by atoms with E-state index in [9.17, 15) is 19.4 Å². The molecule has 20 heavy (non-hydrogen) atoms. The van der Waals surface area contributed by atoms with Crippen molar-refractivity contribution in [1.82, 2.24) is 4.98 Å². The molecular formula is C13H13N2O4P. The molecule has 2 unspecified atom stereocenters. The van der Waals surface area contributed by atoms with Gasteiger partial charge in [0.15, 0.2) is 6.04 Å².